The number of H-pyrrole nitrogens is 1. The molecule has 2 N–H and O–H groups in total. The number of benzene rings is 2. The maximum Gasteiger partial charge on any atom is 0.228 e. The number of aromatic amines is 1. The molecular weight excluding hydrogens is 293 g/mol. The maximum atomic E-state index is 12.9. The predicted molar refractivity (Wildman–Crippen MR) is 86.8 cm³/mol. The van der Waals surface area contributed by atoms with E-state index in [1.54, 1.807) is 12.1 Å². The molecule has 1 heterocycles. The molecule has 3 aromatic rings. The van der Waals surface area contributed by atoms with Crippen LogP contribution < -0.4 is 5.32 Å². The third-order valence-corrected chi connectivity index (χ3v) is 4.03. The summed E-state index contributed by atoms with van der Waals surface area (Å²) in [6, 6.07) is 11.6. The van der Waals surface area contributed by atoms with E-state index in [-0.39, 0.29) is 18.1 Å². The first kappa shape index (κ1) is 13.9. The van der Waals surface area contributed by atoms with Gasteiger partial charge in [0.2, 0.25) is 5.91 Å². The Morgan fingerprint density at radius 1 is 1.22 bits per heavy atom. The fourth-order valence-corrected chi connectivity index (χ4v) is 2.65. The number of amides is 1. The van der Waals surface area contributed by atoms with Crippen molar-refractivity contribution < 1.29 is 9.18 Å². The number of nitrogens with one attached hydrogen (secondary N) is 2. The molecule has 0 spiro atoms. The fourth-order valence-electron chi connectivity index (χ4n) is 2.65. The highest BCUT2D eigenvalue weighted by Gasteiger charge is 2.26. The summed E-state index contributed by atoms with van der Waals surface area (Å²) in [6.45, 7) is 0. The predicted octanol–water partition coefficient (Wildman–Crippen LogP) is 3.76. The molecule has 0 radical (unpaired) electrons. The summed E-state index contributed by atoms with van der Waals surface area (Å²) in [5.74, 6) is 1.18. The number of carbonyl (C=O) groups is 1. The number of nitrogens with zero attached hydrogens (tertiary/aromatic N) is 1. The molecule has 0 atom stereocenters. The highest BCUT2D eigenvalue weighted by molar-refractivity contribution is 5.94. The maximum absolute atomic E-state index is 12.9. The molecule has 2 aromatic carbocycles. The summed E-state index contributed by atoms with van der Waals surface area (Å²) in [5.41, 5.74) is 3.37. The molecule has 116 valence electrons. The van der Waals surface area contributed by atoms with Gasteiger partial charge in [0, 0.05) is 11.6 Å². The largest absolute Gasteiger partial charge is 0.342 e. The van der Waals surface area contributed by atoms with E-state index in [1.165, 1.54) is 25.0 Å². The summed E-state index contributed by atoms with van der Waals surface area (Å²) in [4.78, 5) is 20.0. The highest BCUT2D eigenvalue weighted by Crippen LogP contribution is 2.39. The van der Waals surface area contributed by atoms with Crippen molar-refractivity contribution in [1.82, 2.24) is 9.97 Å². The minimum absolute atomic E-state index is 0.127. The zero-order valence-electron chi connectivity index (χ0n) is 12.5. The molecule has 1 aromatic heterocycles. The second-order valence-electron chi connectivity index (χ2n) is 5.98. The summed E-state index contributed by atoms with van der Waals surface area (Å²) in [5, 5.41) is 2.87. The van der Waals surface area contributed by atoms with Crippen LogP contribution in [0.2, 0.25) is 0 Å². The van der Waals surface area contributed by atoms with Crippen LogP contribution in [-0.4, -0.2) is 15.9 Å². The van der Waals surface area contributed by atoms with Crippen LogP contribution in [0.4, 0.5) is 10.1 Å². The third-order valence-electron chi connectivity index (χ3n) is 4.03. The van der Waals surface area contributed by atoms with Gasteiger partial charge in [0.1, 0.15) is 11.6 Å². The third kappa shape index (κ3) is 3.08. The molecule has 4 rings (SSSR count). The van der Waals surface area contributed by atoms with E-state index in [4.69, 9.17) is 0 Å². The molecule has 23 heavy (non-hydrogen) atoms. The Morgan fingerprint density at radius 2 is 2.00 bits per heavy atom. The van der Waals surface area contributed by atoms with E-state index in [0.29, 0.717) is 5.92 Å². The first-order valence-electron chi connectivity index (χ1n) is 7.71. The SMILES string of the molecule is O=C(Cc1ccc(F)cc1)Nc1ccc2nc(C3CC3)[nH]c2c1. The normalized spacial score (nSPS) is 14.1. The Morgan fingerprint density at radius 3 is 2.74 bits per heavy atom. The number of rotatable bonds is 4. The van der Waals surface area contributed by atoms with Crippen molar-refractivity contribution in [3.63, 3.8) is 0 Å². The quantitative estimate of drug-likeness (QED) is 0.771. The number of hydrogen-bond acceptors (Lipinski definition) is 2. The van der Waals surface area contributed by atoms with Crippen molar-refractivity contribution >= 4 is 22.6 Å². The average Bonchev–Trinajstić information content (AvgIpc) is 3.29. The highest BCUT2D eigenvalue weighted by atomic mass is 19.1. The van der Waals surface area contributed by atoms with Gasteiger partial charge in [0.05, 0.1) is 17.5 Å². The lowest BCUT2D eigenvalue weighted by atomic mass is 10.1. The van der Waals surface area contributed by atoms with Crippen LogP contribution in [0.1, 0.15) is 30.1 Å². The molecule has 0 aliphatic heterocycles. The zero-order valence-corrected chi connectivity index (χ0v) is 12.5. The van der Waals surface area contributed by atoms with Crippen molar-refractivity contribution in [2.45, 2.75) is 25.2 Å². The molecule has 1 saturated carbocycles. The number of halogens is 1. The summed E-state index contributed by atoms with van der Waals surface area (Å²) < 4.78 is 12.9. The van der Waals surface area contributed by atoms with Gasteiger partial charge in [-0.05, 0) is 48.7 Å². The summed E-state index contributed by atoms with van der Waals surface area (Å²) in [6.07, 6.45) is 2.61. The van der Waals surface area contributed by atoms with Gasteiger partial charge in [-0.25, -0.2) is 9.37 Å². The van der Waals surface area contributed by atoms with E-state index in [2.05, 4.69) is 15.3 Å². The lowest BCUT2D eigenvalue weighted by Gasteiger charge is -2.05. The van der Waals surface area contributed by atoms with Crippen molar-refractivity contribution in [2.24, 2.45) is 0 Å². The van der Waals surface area contributed by atoms with Gasteiger partial charge in [-0.1, -0.05) is 12.1 Å². The van der Waals surface area contributed by atoms with Crippen molar-refractivity contribution in [3.8, 4) is 0 Å². The first-order valence-corrected chi connectivity index (χ1v) is 7.71. The van der Waals surface area contributed by atoms with Gasteiger partial charge >= 0.3 is 0 Å². The lowest BCUT2D eigenvalue weighted by Crippen LogP contribution is -2.14. The lowest BCUT2D eigenvalue weighted by molar-refractivity contribution is -0.115. The van der Waals surface area contributed by atoms with Gasteiger partial charge in [0.15, 0.2) is 0 Å². The summed E-state index contributed by atoms with van der Waals surface area (Å²) in [7, 11) is 0. The molecule has 0 unspecified atom stereocenters. The van der Waals surface area contributed by atoms with E-state index < -0.39 is 0 Å². The van der Waals surface area contributed by atoms with Gasteiger partial charge in [-0.3, -0.25) is 4.79 Å². The first-order chi connectivity index (χ1) is 11.2. The van der Waals surface area contributed by atoms with Gasteiger partial charge in [0.25, 0.3) is 0 Å². The monoisotopic (exact) mass is 309 g/mol. The number of carbonyl (C=O) groups excluding carboxylic acids is 1. The van der Waals surface area contributed by atoms with Crippen molar-refractivity contribution in [1.29, 1.82) is 0 Å². The number of aromatic nitrogens is 2. The minimum atomic E-state index is -0.301. The number of fused-ring (bicyclic) bond motifs is 1. The number of imidazole rings is 1. The average molecular weight is 309 g/mol. The zero-order chi connectivity index (χ0) is 15.8. The molecule has 0 saturated heterocycles. The molecule has 1 fully saturated rings. The Hall–Kier alpha value is -2.69. The van der Waals surface area contributed by atoms with E-state index in [9.17, 15) is 9.18 Å². The Labute approximate surface area is 132 Å². The topological polar surface area (TPSA) is 57.8 Å². The Bertz CT molecular complexity index is 866. The van der Waals surface area contributed by atoms with Crippen LogP contribution in [0.5, 0.6) is 0 Å². The van der Waals surface area contributed by atoms with Crippen LogP contribution in [0.15, 0.2) is 42.5 Å². The van der Waals surface area contributed by atoms with Crippen LogP contribution >= 0.6 is 0 Å². The van der Waals surface area contributed by atoms with Gasteiger partial charge in [-0.15, -0.1) is 0 Å². The van der Waals surface area contributed by atoms with Crippen molar-refractivity contribution in [3.05, 3.63) is 59.7 Å². The number of hydrogen-bond donors (Lipinski definition) is 2. The minimum Gasteiger partial charge on any atom is -0.342 e. The molecule has 5 heteroatoms. The molecule has 0 bridgehead atoms. The second-order valence-corrected chi connectivity index (χ2v) is 5.98. The molecule has 1 aliphatic rings. The smallest absolute Gasteiger partial charge is 0.228 e. The van der Waals surface area contributed by atoms with Gasteiger partial charge in [-0.2, -0.15) is 0 Å². The standard InChI is InChI=1S/C18H16FN3O/c19-13-5-1-11(2-6-13)9-17(23)20-14-7-8-15-16(10-14)22-18(21-15)12-3-4-12/h1-2,5-8,10,12H,3-4,9H2,(H,20,23)(H,21,22). The van der Waals surface area contributed by atoms with Crippen LogP contribution in [0.25, 0.3) is 11.0 Å². The van der Waals surface area contributed by atoms with Gasteiger partial charge < -0.3 is 10.3 Å². The number of anilines is 1. The van der Waals surface area contributed by atoms with E-state index in [0.717, 1.165) is 28.1 Å². The Balaban J connectivity index is 1.47. The van der Waals surface area contributed by atoms with Crippen molar-refractivity contribution in [2.75, 3.05) is 5.32 Å². The second kappa shape index (κ2) is 5.50. The molecule has 1 aliphatic carbocycles. The van der Waals surface area contributed by atoms with E-state index >= 15 is 0 Å². The molecular formula is C18H16FN3O. The van der Waals surface area contributed by atoms with Crippen LogP contribution in [-0.2, 0) is 11.2 Å². The Kier molecular flexibility index (Phi) is 3.33. The van der Waals surface area contributed by atoms with E-state index in [1.807, 2.05) is 18.2 Å². The van der Waals surface area contributed by atoms with Crippen LogP contribution in [0.3, 0.4) is 0 Å². The molecule has 1 amide bonds. The fraction of sp³-hybridized carbons (Fsp3) is 0.222. The summed E-state index contributed by atoms with van der Waals surface area (Å²) >= 11 is 0. The molecule has 4 nitrogen and oxygen atoms in total. The van der Waals surface area contributed by atoms with Crippen LogP contribution in [0, 0.1) is 5.82 Å².